The van der Waals surface area contributed by atoms with Crippen LogP contribution in [0.25, 0.3) is 0 Å². The van der Waals surface area contributed by atoms with E-state index >= 15 is 0 Å². The van der Waals surface area contributed by atoms with Gasteiger partial charge in [-0.3, -0.25) is 10.1 Å². The minimum atomic E-state index is -1.14. The van der Waals surface area contributed by atoms with Crippen molar-refractivity contribution in [1.29, 1.82) is 0 Å². The molecule has 3 amide bonds. The van der Waals surface area contributed by atoms with Gasteiger partial charge in [0.05, 0.1) is 0 Å². The predicted molar refractivity (Wildman–Crippen MR) is 149 cm³/mol. The Labute approximate surface area is 233 Å². The number of Topliss-reactive ketones (excluding diaryl/α,β-unsaturated/α-hetero) is 1. The van der Waals surface area contributed by atoms with Gasteiger partial charge in [0.1, 0.15) is 11.4 Å². The lowest BCUT2D eigenvalue weighted by Crippen LogP contribution is -2.64. The molecule has 1 aliphatic heterocycles. The largest absolute Gasteiger partial charge is 0.438 e. The zero-order chi connectivity index (χ0) is 27.7. The Morgan fingerprint density at radius 3 is 2.50 bits per heavy atom. The number of nitrogens with one attached hydrogen (secondary N) is 2. The lowest BCUT2D eigenvalue weighted by atomic mass is 9.89. The van der Waals surface area contributed by atoms with Gasteiger partial charge in [-0.15, -0.1) is 5.10 Å². The average Bonchev–Trinajstić information content (AvgIpc) is 3.28. The Morgan fingerprint density at radius 1 is 1.18 bits per heavy atom. The van der Waals surface area contributed by atoms with Gasteiger partial charge in [-0.1, -0.05) is 43.6 Å². The summed E-state index contributed by atoms with van der Waals surface area (Å²) in [5.41, 5.74) is -1.04. The molecule has 1 aromatic rings. The molecule has 2 N–H and O–H groups in total. The summed E-state index contributed by atoms with van der Waals surface area (Å²) >= 11 is 7.26. The van der Waals surface area contributed by atoms with Gasteiger partial charge < -0.3 is 19.7 Å². The minimum absolute atomic E-state index is 0.214. The summed E-state index contributed by atoms with van der Waals surface area (Å²) < 4.78 is 11.3. The highest BCUT2D eigenvalue weighted by Gasteiger charge is 2.43. The van der Waals surface area contributed by atoms with Crippen molar-refractivity contribution in [3.63, 3.8) is 0 Å². The number of benzene rings is 1. The molecule has 0 bridgehead atoms. The van der Waals surface area contributed by atoms with Gasteiger partial charge in [-0.25, -0.2) is 9.59 Å². The van der Waals surface area contributed by atoms with E-state index in [1.54, 1.807) is 24.3 Å². The van der Waals surface area contributed by atoms with E-state index in [0.717, 1.165) is 30.8 Å². The zero-order valence-electron chi connectivity index (χ0n) is 22.5. The van der Waals surface area contributed by atoms with Crippen LogP contribution in [0.4, 0.5) is 9.59 Å². The van der Waals surface area contributed by atoms with E-state index in [1.165, 1.54) is 11.8 Å². The van der Waals surface area contributed by atoms with Crippen LogP contribution in [0.2, 0.25) is 5.02 Å². The summed E-state index contributed by atoms with van der Waals surface area (Å²) in [6, 6.07) is 5.82. The lowest BCUT2D eigenvalue weighted by molar-refractivity contribution is -0.131. The number of ether oxygens (including phenoxy) is 2. The van der Waals surface area contributed by atoms with Crippen molar-refractivity contribution in [2.24, 2.45) is 11.0 Å². The van der Waals surface area contributed by atoms with Crippen LogP contribution in [0.3, 0.4) is 0 Å². The number of urea groups is 1. The van der Waals surface area contributed by atoms with E-state index in [4.69, 9.17) is 21.1 Å². The maximum atomic E-state index is 13.5. The first-order chi connectivity index (χ1) is 18.1. The summed E-state index contributed by atoms with van der Waals surface area (Å²) in [5.74, 6) is 1.14. The molecule has 1 aliphatic carbocycles. The summed E-state index contributed by atoms with van der Waals surface area (Å²) in [5, 5.41) is 12.0. The highest BCUT2D eigenvalue weighted by Crippen LogP contribution is 2.29. The molecule has 10 nitrogen and oxygen atoms in total. The summed E-state index contributed by atoms with van der Waals surface area (Å²) in [4.78, 5) is 41.4. The molecule has 2 aliphatic rings. The highest BCUT2D eigenvalue weighted by molar-refractivity contribution is 8.13. The molecule has 1 atom stereocenters. The molecule has 1 unspecified atom stereocenters. The molecule has 0 radical (unpaired) electrons. The van der Waals surface area contributed by atoms with Crippen molar-refractivity contribution in [3.8, 4) is 5.75 Å². The van der Waals surface area contributed by atoms with Crippen LogP contribution < -0.4 is 15.4 Å². The SMILES string of the molecule is CC(C)CCC(=O)C1OC(SCCN(C)C)=NN1C(=O)NC1(NC(=O)Oc2ccc(Cl)cc2)CCCCC1. The van der Waals surface area contributed by atoms with Crippen LogP contribution in [0.15, 0.2) is 29.4 Å². The number of hydrogen-bond donors (Lipinski definition) is 2. The minimum Gasteiger partial charge on any atom is -0.438 e. The summed E-state index contributed by atoms with van der Waals surface area (Å²) in [6.45, 7) is 4.86. The van der Waals surface area contributed by atoms with Crippen molar-refractivity contribution in [2.45, 2.75) is 70.7 Å². The topological polar surface area (TPSA) is 113 Å². The van der Waals surface area contributed by atoms with Crippen molar-refractivity contribution in [2.75, 3.05) is 26.4 Å². The molecule has 1 fully saturated rings. The number of thioether (sulfide) groups is 1. The normalized spacial score (nSPS) is 18.7. The number of hydrazone groups is 1. The maximum absolute atomic E-state index is 13.5. The van der Waals surface area contributed by atoms with E-state index in [9.17, 15) is 14.4 Å². The van der Waals surface area contributed by atoms with E-state index in [0.29, 0.717) is 41.7 Å². The fraction of sp³-hybridized carbons (Fsp3) is 0.615. The monoisotopic (exact) mass is 567 g/mol. The predicted octanol–water partition coefficient (Wildman–Crippen LogP) is 5.03. The van der Waals surface area contributed by atoms with Crippen LogP contribution in [0.1, 0.15) is 58.8 Å². The second kappa shape index (κ2) is 14.0. The zero-order valence-corrected chi connectivity index (χ0v) is 24.1. The fourth-order valence-electron chi connectivity index (χ4n) is 4.13. The number of hydrogen-bond acceptors (Lipinski definition) is 8. The molecule has 1 aromatic carbocycles. The summed E-state index contributed by atoms with van der Waals surface area (Å²) in [7, 11) is 3.93. The van der Waals surface area contributed by atoms with Gasteiger partial charge in [0.2, 0.25) is 0 Å². The third kappa shape index (κ3) is 9.06. The first-order valence-corrected chi connectivity index (χ1v) is 14.4. The Hall–Kier alpha value is -2.50. The van der Waals surface area contributed by atoms with Crippen LogP contribution in [0.5, 0.6) is 5.75 Å². The van der Waals surface area contributed by atoms with Gasteiger partial charge in [-0.2, -0.15) is 5.01 Å². The number of halogens is 1. The fourth-order valence-corrected chi connectivity index (χ4v) is 5.19. The molecule has 0 saturated heterocycles. The Morgan fingerprint density at radius 2 is 1.87 bits per heavy atom. The van der Waals surface area contributed by atoms with Crippen LogP contribution >= 0.6 is 23.4 Å². The quantitative estimate of drug-likeness (QED) is 0.381. The van der Waals surface area contributed by atoms with E-state index < -0.39 is 24.0 Å². The smallest absolute Gasteiger partial charge is 0.414 e. The maximum Gasteiger partial charge on any atom is 0.414 e. The van der Waals surface area contributed by atoms with Gasteiger partial charge in [0, 0.05) is 23.7 Å². The molecule has 12 heteroatoms. The lowest BCUT2D eigenvalue weighted by Gasteiger charge is -2.39. The van der Waals surface area contributed by atoms with Gasteiger partial charge in [-0.05, 0) is 76.4 Å². The molecule has 210 valence electrons. The van der Waals surface area contributed by atoms with Crippen molar-refractivity contribution in [3.05, 3.63) is 29.3 Å². The molecule has 38 heavy (non-hydrogen) atoms. The summed E-state index contributed by atoms with van der Waals surface area (Å²) in [6.07, 6.45) is 2.75. The molecular weight excluding hydrogens is 530 g/mol. The van der Waals surface area contributed by atoms with Crippen molar-refractivity contribution in [1.82, 2.24) is 20.5 Å². The standard InChI is InChI=1S/C26H38ClN5O5S/c1-18(2)8-13-21(33)22-32(30-25(37-22)38-17-16-31(3)4)23(34)28-26(14-6-5-7-15-26)29-24(35)36-20-11-9-19(27)10-12-20/h9-12,18,22H,5-8,13-17H2,1-4H3,(H,28,34)(H,29,35). The van der Waals surface area contributed by atoms with E-state index in [-0.39, 0.29) is 17.4 Å². The number of ketones is 1. The van der Waals surface area contributed by atoms with Gasteiger partial charge in [0.25, 0.3) is 11.5 Å². The van der Waals surface area contributed by atoms with Crippen LogP contribution in [0, 0.1) is 5.92 Å². The number of amides is 3. The molecule has 3 rings (SSSR count). The number of nitrogens with zero attached hydrogens (tertiary/aromatic N) is 3. The Kier molecular flexibility index (Phi) is 11.1. The number of carbonyl (C=O) groups is 3. The van der Waals surface area contributed by atoms with Gasteiger partial charge in [0.15, 0.2) is 5.78 Å². The second-order valence-electron chi connectivity index (χ2n) is 10.3. The molecule has 0 spiro atoms. The number of carbonyl (C=O) groups excluding carboxylic acids is 3. The molecule has 0 aromatic heterocycles. The van der Waals surface area contributed by atoms with E-state index in [2.05, 4.69) is 15.7 Å². The second-order valence-corrected chi connectivity index (χ2v) is 11.8. The van der Waals surface area contributed by atoms with Crippen molar-refractivity contribution >= 4 is 46.5 Å². The van der Waals surface area contributed by atoms with Gasteiger partial charge >= 0.3 is 12.1 Å². The van der Waals surface area contributed by atoms with E-state index in [1.807, 2.05) is 32.8 Å². The molecular formula is C26H38ClN5O5S. The molecule has 1 saturated carbocycles. The Balaban J connectivity index is 1.73. The average molecular weight is 568 g/mol. The first kappa shape index (κ1) is 30.0. The molecule has 1 heterocycles. The van der Waals surface area contributed by atoms with Crippen LogP contribution in [-0.2, 0) is 9.53 Å². The first-order valence-electron chi connectivity index (χ1n) is 13.0. The van der Waals surface area contributed by atoms with Crippen molar-refractivity contribution < 1.29 is 23.9 Å². The number of rotatable bonds is 10. The Bertz CT molecular complexity index is 998. The third-order valence-electron chi connectivity index (χ3n) is 6.26. The third-order valence-corrected chi connectivity index (χ3v) is 7.32. The van der Waals surface area contributed by atoms with Crippen LogP contribution in [-0.4, -0.2) is 71.3 Å². The highest BCUT2D eigenvalue weighted by atomic mass is 35.5.